The van der Waals surface area contributed by atoms with E-state index in [9.17, 15) is 0 Å². The van der Waals surface area contributed by atoms with Crippen molar-refractivity contribution in [2.45, 2.75) is 39.3 Å². The minimum absolute atomic E-state index is 0. The van der Waals surface area contributed by atoms with Gasteiger partial charge in [0.2, 0.25) is 0 Å². The molecule has 0 saturated carbocycles. The van der Waals surface area contributed by atoms with Gasteiger partial charge in [-0.2, -0.15) is 83.9 Å². The fourth-order valence-electron chi connectivity index (χ4n) is 2.70. The van der Waals surface area contributed by atoms with Gasteiger partial charge in [0.25, 0.3) is 0 Å². The van der Waals surface area contributed by atoms with Crippen molar-refractivity contribution in [2.24, 2.45) is 0 Å². The molecule has 4 aromatic rings. The van der Waals surface area contributed by atoms with Crippen LogP contribution in [0, 0.1) is 13.8 Å². The van der Waals surface area contributed by atoms with Crippen molar-refractivity contribution < 1.29 is 21.7 Å². The first-order chi connectivity index (χ1) is 15.0. The van der Waals surface area contributed by atoms with Crippen molar-refractivity contribution >= 4 is 26.5 Å². The molecule has 0 bridgehead atoms. The summed E-state index contributed by atoms with van der Waals surface area (Å²) < 4.78 is 0. The maximum absolute atomic E-state index is 3.72. The molecule has 0 aromatic heterocycles. The molecule has 0 N–H and O–H groups in total. The molecule has 4 aromatic carbocycles. The Morgan fingerprint density at radius 3 is 0.818 bits per heavy atom. The van der Waals surface area contributed by atoms with E-state index in [1.165, 1.54) is 0 Å². The first kappa shape index (κ1) is 31.0. The van der Waals surface area contributed by atoms with E-state index in [0.717, 1.165) is 11.1 Å². The maximum Gasteiger partial charge on any atom is 4.00 e. The van der Waals surface area contributed by atoms with Crippen LogP contribution in [0.4, 0.5) is 0 Å². The van der Waals surface area contributed by atoms with Crippen LogP contribution in [0.5, 0.6) is 0 Å². The molecule has 0 unspecified atom stereocenters. The van der Waals surface area contributed by atoms with Crippen LogP contribution in [0.25, 0.3) is 0 Å². The monoisotopic (exact) mass is 504 g/mol. The summed E-state index contributed by atoms with van der Waals surface area (Å²) in [6.07, 6.45) is 0. The third-order valence-corrected chi connectivity index (χ3v) is 8.87. The van der Waals surface area contributed by atoms with Crippen LogP contribution < -0.4 is 10.4 Å². The van der Waals surface area contributed by atoms with Gasteiger partial charge in [-0.25, -0.2) is 24.3 Å². The first-order valence-electron chi connectivity index (χ1n) is 11.2. The van der Waals surface area contributed by atoms with Crippen LogP contribution in [0.2, 0.25) is 39.3 Å². The molecule has 0 heterocycles. The van der Waals surface area contributed by atoms with Gasteiger partial charge >= 0.3 is 21.7 Å². The van der Waals surface area contributed by atoms with Crippen molar-refractivity contribution in [3.8, 4) is 0 Å². The molecule has 0 spiro atoms. The summed E-state index contributed by atoms with van der Waals surface area (Å²) in [4.78, 5) is 0. The zero-order valence-corrected chi connectivity index (χ0v) is 24.9. The SMILES string of the molecule is C[Si](C)(C)[c-]1cccc1.C[Si](C)(C)[c-]1cccc1.[CH2-]c1ccccc1.[CH2-]c1ccccc1.[Ti+4]. The molecular weight excluding hydrogens is 464 g/mol. The Morgan fingerprint density at radius 1 is 0.455 bits per heavy atom. The number of benzene rings is 2. The molecular formula is C30H40Si2Ti. The first-order valence-corrected chi connectivity index (χ1v) is 18.2. The zero-order valence-electron chi connectivity index (χ0n) is 21.3. The number of hydrogen-bond acceptors (Lipinski definition) is 0. The standard InChI is InChI=1S/2C8H13Si.2C7H7.Ti/c2*1-9(2,3)8-6-4-5-7-8;2*1-7-5-3-2-4-6-7;/h2*4-7H,1-3H3;2*2-6H,1H2;/q4*-1;+4. The van der Waals surface area contributed by atoms with Crippen molar-refractivity contribution in [2.75, 3.05) is 0 Å². The molecule has 0 aliphatic carbocycles. The number of hydrogen-bond donors (Lipinski definition) is 0. The Labute approximate surface area is 220 Å². The summed E-state index contributed by atoms with van der Waals surface area (Å²) in [5.74, 6) is 0. The molecule has 0 nitrogen and oxygen atoms in total. The van der Waals surface area contributed by atoms with Crippen molar-refractivity contribution in [1.82, 2.24) is 0 Å². The molecule has 33 heavy (non-hydrogen) atoms. The van der Waals surface area contributed by atoms with Gasteiger partial charge in [0.15, 0.2) is 0 Å². The van der Waals surface area contributed by atoms with E-state index in [-0.39, 0.29) is 21.7 Å². The van der Waals surface area contributed by atoms with E-state index >= 15 is 0 Å². The second-order valence-electron chi connectivity index (χ2n) is 9.82. The van der Waals surface area contributed by atoms with Crippen molar-refractivity contribution in [3.63, 3.8) is 0 Å². The normalized spacial score (nSPS) is 10.1. The molecule has 0 aliphatic rings. The molecule has 0 radical (unpaired) electrons. The Kier molecular flexibility index (Phi) is 14.8. The fourth-order valence-corrected chi connectivity index (χ4v) is 5.09. The predicted molar refractivity (Wildman–Crippen MR) is 152 cm³/mol. The third-order valence-electron chi connectivity index (χ3n) is 4.74. The molecule has 0 fully saturated rings. The average molecular weight is 505 g/mol. The summed E-state index contributed by atoms with van der Waals surface area (Å²) in [6, 6.07) is 37.1. The Balaban J connectivity index is 0.000000412. The van der Waals surface area contributed by atoms with Crippen LogP contribution in [0.3, 0.4) is 0 Å². The minimum Gasteiger partial charge on any atom is -0.214 e. The van der Waals surface area contributed by atoms with Gasteiger partial charge in [0.05, 0.1) is 0 Å². The van der Waals surface area contributed by atoms with Crippen LogP contribution in [-0.4, -0.2) is 16.1 Å². The van der Waals surface area contributed by atoms with Gasteiger partial charge in [-0.1, -0.05) is 51.4 Å². The molecule has 0 amide bonds. The third kappa shape index (κ3) is 14.7. The van der Waals surface area contributed by atoms with E-state index in [2.05, 4.69) is 102 Å². The molecule has 0 aliphatic heterocycles. The van der Waals surface area contributed by atoms with Crippen molar-refractivity contribution in [1.29, 1.82) is 0 Å². The van der Waals surface area contributed by atoms with Crippen LogP contribution in [0.1, 0.15) is 11.1 Å². The van der Waals surface area contributed by atoms with Gasteiger partial charge in [0, 0.05) is 16.1 Å². The smallest absolute Gasteiger partial charge is 0.214 e. The van der Waals surface area contributed by atoms with Gasteiger partial charge in [-0.3, -0.25) is 0 Å². The van der Waals surface area contributed by atoms with E-state index in [1.807, 2.05) is 60.7 Å². The molecule has 0 saturated heterocycles. The molecule has 3 heteroatoms. The van der Waals surface area contributed by atoms with Gasteiger partial charge in [0.1, 0.15) is 0 Å². The van der Waals surface area contributed by atoms with E-state index in [0.29, 0.717) is 0 Å². The minimum atomic E-state index is -0.981. The van der Waals surface area contributed by atoms with E-state index in [4.69, 9.17) is 0 Å². The second-order valence-corrected chi connectivity index (χ2v) is 20.0. The average Bonchev–Trinajstić information content (AvgIpc) is 3.44. The Bertz CT molecular complexity index is 846. The Hall–Kier alpha value is -1.97. The Morgan fingerprint density at radius 2 is 0.697 bits per heavy atom. The van der Waals surface area contributed by atoms with Gasteiger partial charge in [-0.05, 0) is 0 Å². The summed E-state index contributed by atoms with van der Waals surface area (Å²) >= 11 is 0. The van der Waals surface area contributed by atoms with Gasteiger partial charge < -0.3 is 0 Å². The topological polar surface area (TPSA) is 0 Å². The summed E-state index contributed by atoms with van der Waals surface area (Å²) in [5.41, 5.74) is 2.14. The quantitative estimate of drug-likeness (QED) is 0.194. The fraction of sp³-hybridized carbons (Fsp3) is 0.200. The second kappa shape index (κ2) is 15.8. The van der Waals surface area contributed by atoms with Gasteiger partial charge in [-0.15, -0.1) is 24.3 Å². The van der Waals surface area contributed by atoms with E-state index in [1.54, 1.807) is 10.4 Å². The zero-order chi connectivity index (χ0) is 24.0. The van der Waals surface area contributed by atoms with E-state index < -0.39 is 16.1 Å². The molecule has 172 valence electrons. The van der Waals surface area contributed by atoms with Crippen molar-refractivity contribution in [3.05, 3.63) is 134 Å². The van der Waals surface area contributed by atoms with Crippen LogP contribution in [0.15, 0.2) is 109 Å². The number of rotatable bonds is 2. The largest absolute Gasteiger partial charge is 4.00 e. The molecule has 0 atom stereocenters. The summed E-state index contributed by atoms with van der Waals surface area (Å²) in [5, 5.41) is 3.12. The molecule has 4 rings (SSSR count). The maximum atomic E-state index is 3.72. The summed E-state index contributed by atoms with van der Waals surface area (Å²) in [7, 11) is -1.96. The summed E-state index contributed by atoms with van der Waals surface area (Å²) in [6.45, 7) is 21.6. The predicted octanol–water partition coefficient (Wildman–Crippen LogP) is 7.64. The van der Waals surface area contributed by atoms with Crippen LogP contribution in [-0.2, 0) is 21.7 Å². The van der Waals surface area contributed by atoms with Crippen LogP contribution >= 0.6 is 0 Å².